The zero-order valence-electron chi connectivity index (χ0n) is 12.3. The Kier molecular flexibility index (Phi) is 28.2. The van der Waals surface area contributed by atoms with Crippen LogP contribution < -0.4 is 0 Å². The molecule has 0 amide bonds. The maximum atomic E-state index is 9.70. The first-order valence-electron chi connectivity index (χ1n) is 5.39. The van der Waals surface area contributed by atoms with Crippen LogP contribution in [0, 0.1) is 0 Å². The molecule has 0 unspecified atom stereocenters. The van der Waals surface area contributed by atoms with E-state index >= 15 is 0 Å². The number of carboxylic acid groups (broad SMARTS) is 3. The van der Waals surface area contributed by atoms with Gasteiger partial charge in [-0.25, -0.2) is 28.8 Å². The molecule has 0 aliphatic rings. The van der Waals surface area contributed by atoms with E-state index in [0.29, 0.717) is 0 Å². The predicted octanol–water partition coefficient (Wildman–Crippen LogP) is 0.291. The molecule has 0 aromatic carbocycles. The van der Waals surface area contributed by atoms with Gasteiger partial charge < -0.3 is 15.3 Å². The second kappa shape index (κ2) is 24.0. The smallest absolute Gasteiger partial charge is 0.327 e. The van der Waals surface area contributed by atoms with Crippen LogP contribution in [-0.4, -0.2) is 51.1 Å². The Balaban J connectivity index is -0.000000116. The first kappa shape index (κ1) is 28.2. The average molecular weight is 338 g/mol. The van der Waals surface area contributed by atoms with Gasteiger partial charge in [-0.05, 0) is 0 Å². The van der Waals surface area contributed by atoms with Crippen LogP contribution >= 0.6 is 0 Å². The summed E-state index contributed by atoms with van der Waals surface area (Å²) in [7, 11) is 0. The number of allylic oxidation sites excluding steroid dienone is 3. The molecule has 0 atom stereocenters. The lowest BCUT2D eigenvalue weighted by Gasteiger charge is -1.69. The monoisotopic (exact) mass is 338 g/mol. The summed E-state index contributed by atoms with van der Waals surface area (Å²) < 4.78 is 0. The molecule has 128 valence electrons. The zero-order valence-corrected chi connectivity index (χ0v) is 12.3. The van der Waals surface area contributed by atoms with Gasteiger partial charge >= 0.3 is 17.9 Å². The van der Waals surface area contributed by atoms with E-state index in [1.54, 1.807) is 0 Å². The van der Waals surface area contributed by atoms with Gasteiger partial charge in [0.1, 0.15) is 17.8 Å². The molecule has 0 aliphatic heterocycles. The number of hydrogen-bond donors (Lipinski definition) is 3. The van der Waals surface area contributed by atoms with E-state index in [-0.39, 0.29) is 5.57 Å². The second-order valence-corrected chi connectivity index (χ2v) is 2.71. The Labute approximate surface area is 136 Å². The van der Waals surface area contributed by atoms with Crippen molar-refractivity contribution in [3.05, 3.63) is 55.7 Å². The summed E-state index contributed by atoms with van der Waals surface area (Å²) in [5.74, 6) is 1.03. The fourth-order valence-electron chi connectivity index (χ4n) is 0.228. The minimum Gasteiger partial charge on any atom is -0.478 e. The molecule has 0 heterocycles. The molecule has 0 fully saturated rings. The Hall–Kier alpha value is -4.02. The van der Waals surface area contributed by atoms with Crippen molar-refractivity contribution in [2.24, 2.45) is 0 Å². The lowest BCUT2D eigenvalue weighted by atomic mass is 10.3. The lowest BCUT2D eigenvalue weighted by molar-refractivity contribution is -0.132. The van der Waals surface area contributed by atoms with Crippen LogP contribution in [0.25, 0.3) is 0 Å². The third-order valence-corrected chi connectivity index (χ3v) is 1.07. The van der Waals surface area contributed by atoms with Crippen LogP contribution in [0.4, 0.5) is 0 Å². The van der Waals surface area contributed by atoms with Crippen molar-refractivity contribution >= 4 is 35.7 Å². The van der Waals surface area contributed by atoms with E-state index in [0.717, 1.165) is 30.4 Å². The first-order valence-corrected chi connectivity index (χ1v) is 5.39. The van der Waals surface area contributed by atoms with Crippen LogP contribution in [0.1, 0.15) is 0 Å². The van der Waals surface area contributed by atoms with E-state index in [1.807, 2.05) is 0 Å². The summed E-state index contributed by atoms with van der Waals surface area (Å²) in [6.45, 7) is 8.88. The number of aliphatic carboxylic acids is 3. The van der Waals surface area contributed by atoms with E-state index in [4.69, 9.17) is 15.3 Å². The minimum absolute atomic E-state index is 0.153. The summed E-state index contributed by atoms with van der Waals surface area (Å²) in [6, 6.07) is 0. The minimum atomic E-state index is -0.981. The number of hydrogen-bond acceptors (Lipinski definition) is 6. The highest BCUT2D eigenvalue weighted by Gasteiger charge is 1.82. The highest BCUT2D eigenvalue weighted by Crippen LogP contribution is 1.84. The van der Waals surface area contributed by atoms with Gasteiger partial charge in [-0.3, -0.25) is 0 Å². The number of carboxylic acids is 3. The average Bonchev–Trinajstić information content (AvgIpc) is 2.56. The Morgan fingerprint density at radius 2 is 0.875 bits per heavy atom. The van der Waals surface area contributed by atoms with Crippen molar-refractivity contribution in [3.8, 4) is 0 Å². The van der Waals surface area contributed by atoms with Gasteiger partial charge in [-0.1, -0.05) is 19.7 Å². The van der Waals surface area contributed by atoms with Crippen LogP contribution in [0.2, 0.25) is 0 Å². The van der Waals surface area contributed by atoms with Gasteiger partial charge in [0, 0.05) is 30.4 Å². The van der Waals surface area contributed by atoms with E-state index in [9.17, 15) is 28.8 Å². The zero-order chi connectivity index (χ0) is 20.0. The van der Waals surface area contributed by atoms with E-state index in [2.05, 4.69) is 19.7 Å². The van der Waals surface area contributed by atoms with Gasteiger partial charge in [-0.2, -0.15) is 0 Å². The van der Waals surface area contributed by atoms with Crippen LogP contribution in [0.3, 0.4) is 0 Å². The van der Waals surface area contributed by atoms with Crippen molar-refractivity contribution in [1.29, 1.82) is 0 Å². The molecule has 0 saturated heterocycles. The molecule has 0 bridgehead atoms. The highest BCUT2D eigenvalue weighted by molar-refractivity contribution is 5.79. The molecule has 0 saturated carbocycles. The first-order chi connectivity index (χ1) is 11.2. The quantitative estimate of drug-likeness (QED) is 0.363. The lowest BCUT2D eigenvalue weighted by Crippen LogP contribution is -1.82. The molecule has 24 heavy (non-hydrogen) atoms. The maximum Gasteiger partial charge on any atom is 0.327 e. The van der Waals surface area contributed by atoms with Gasteiger partial charge in [-0.15, -0.1) is 0 Å². The molecule has 0 spiro atoms. The highest BCUT2D eigenvalue weighted by atomic mass is 16.4. The summed E-state index contributed by atoms with van der Waals surface area (Å²) in [4.78, 5) is 56.5. The molecular formula is C15H14O9. The number of carbonyl (C=O) groups is 3. The van der Waals surface area contributed by atoms with Gasteiger partial charge in [0.05, 0.1) is 5.57 Å². The second-order valence-electron chi connectivity index (χ2n) is 2.71. The standard InChI is InChI=1S/C6H2O3.3C3H4O2/c7-3-1-6(5-9)2-4-8;3*1-2-3(4)5/h1-2H;3*2H,1H2,(H,4,5). The van der Waals surface area contributed by atoms with Gasteiger partial charge in [0.2, 0.25) is 0 Å². The Morgan fingerprint density at radius 3 is 0.958 bits per heavy atom. The molecule has 0 rings (SSSR count). The number of rotatable bonds is 5. The van der Waals surface area contributed by atoms with Crippen molar-refractivity contribution in [3.63, 3.8) is 0 Å². The van der Waals surface area contributed by atoms with Gasteiger partial charge in [0.25, 0.3) is 0 Å². The molecular weight excluding hydrogens is 324 g/mol. The Morgan fingerprint density at radius 1 is 0.667 bits per heavy atom. The van der Waals surface area contributed by atoms with Crippen molar-refractivity contribution in [2.75, 3.05) is 0 Å². The van der Waals surface area contributed by atoms with E-state index < -0.39 is 17.9 Å². The third kappa shape index (κ3) is 52.0. The molecule has 9 heteroatoms. The molecule has 3 N–H and O–H groups in total. The Bertz CT molecular complexity index is 532. The largest absolute Gasteiger partial charge is 0.478 e. The molecule has 0 aromatic rings. The SMILES string of the molecule is C=CC(=O)O.C=CC(=O)O.C=CC(=O)O.O=C=CC(=C=O)C=C=O. The molecule has 0 aromatic heterocycles. The summed E-state index contributed by atoms with van der Waals surface area (Å²) >= 11 is 0. The summed E-state index contributed by atoms with van der Waals surface area (Å²) in [5.41, 5.74) is -0.153. The van der Waals surface area contributed by atoms with Crippen LogP contribution in [0.15, 0.2) is 55.7 Å². The fraction of sp³-hybridized carbons (Fsp3) is 0. The molecule has 9 nitrogen and oxygen atoms in total. The van der Waals surface area contributed by atoms with E-state index in [1.165, 1.54) is 17.8 Å². The van der Waals surface area contributed by atoms with Crippen molar-refractivity contribution in [2.45, 2.75) is 0 Å². The topological polar surface area (TPSA) is 163 Å². The maximum absolute atomic E-state index is 9.70. The van der Waals surface area contributed by atoms with Gasteiger partial charge in [0.15, 0.2) is 0 Å². The van der Waals surface area contributed by atoms with Crippen molar-refractivity contribution < 1.29 is 44.1 Å². The normalized spacial score (nSPS) is 6.17. The number of carbonyl (C=O) groups excluding carboxylic acids is 3. The van der Waals surface area contributed by atoms with Crippen LogP contribution in [0.5, 0.6) is 0 Å². The summed E-state index contributed by atoms with van der Waals surface area (Å²) in [5, 5.41) is 22.8. The van der Waals surface area contributed by atoms with Crippen molar-refractivity contribution in [1.82, 2.24) is 0 Å². The summed E-state index contributed by atoms with van der Waals surface area (Å²) in [6.07, 6.45) is 4.11. The molecule has 0 aliphatic carbocycles. The van der Waals surface area contributed by atoms with Crippen LogP contribution in [-0.2, 0) is 28.8 Å². The molecule has 0 radical (unpaired) electrons. The third-order valence-electron chi connectivity index (χ3n) is 1.07. The predicted molar refractivity (Wildman–Crippen MR) is 83.2 cm³/mol. The fourth-order valence-corrected chi connectivity index (χ4v) is 0.228.